The summed E-state index contributed by atoms with van der Waals surface area (Å²) in [6, 6.07) is 17.1. The van der Waals surface area contributed by atoms with Crippen molar-refractivity contribution in [2.24, 2.45) is 0 Å². The third-order valence-electron chi connectivity index (χ3n) is 4.52. The molecule has 2 aromatic rings. The van der Waals surface area contributed by atoms with Gasteiger partial charge in [0, 0.05) is 12.1 Å². The molecular weight excluding hydrogens is 470 g/mol. The maximum atomic E-state index is 11.7. The van der Waals surface area contributed by atoms with E-state index in [0.29, 0.717) is 5.57 Å². The van der Waals surface area contributed by atoms with Gasteiger partial charge in [-0.2, -0.15) is 0 Å². The molecule has 0 aliphatic heterocycles. The maximum Gasteiger partial charge on any atom is 0.334 e. The lowest BCUT2D eigenvalue weighted by atomic mass is 9.84. The molecule has 2 aromatic carbocycles. The number of benzene rings is 2. The number of carboxylic acids is 2. The van der Waals surface area contributed by atoms with Crippen LogP contribution in [0.25, 0.3) is 0 Å². The summed E-state index contributed by atoms with van der Waals surface area (Å²) < 4.78 is 4.08. The maximum absolute atomic E-state index is 11.7. The summed E-state index contributed by atoms with van der Waals surface area (Å²) in [4.78, 5) is 32.7. The lowest BCUT2D eigenvalue weighted by Gasteiger charge is -2.35. The highest BCUT2D eigenvalue weighted by Gasteiger charge is 2.51. The molecule has 2 unspecified atom stereocenters. The van der Waals surface area contributed by atoms with Crippen LogP contribution in [0.5, 0.6) is 0 Å². The monoisotopic (exact) mass is 489 g/mol. The molecule has 31 heavy (non-hydrogen) atoms. The Morgan fingerprint density at radius 3 is 2.06 bits per heavy atom. The van der Waals surface area contributed by atoms with Gasteiger partial charge in [-0.05, 0) is 24.1 Å². The van der Waals surface area contributed by atoms with Crippen molar-refractivity contribution in [1.82, 2.24) is 0 Å². The number of nitro benzene ring substituents is 1. The Kier molecular flexibility index (Phi) is 8.23. The minimum absolute atomic E-state index is 0.0965. The molecule has 9 heteroatoms. The molecule has 2 N–H and O–H groups in total. The van der Waals surface area contributed by atoms with E-state index < -0.39 is 27.3 Å². The zero-order valence-corrected chi connectivity index (χ0v) is 18.1. The van der Waals surface area contributed by atoms with Gasteiger partial charge in [-0.25, -0.2) is 4.79 Å². The molecule has 0 amide bonds. The molecular formula is C22H20BrNO7. The molecule has 0 spiro atoms. The largest absolute Gasteiger partial charge is 0.480 e. The van der Waals surface area contributed by atoms with Crippen LogP contribution < -0.4 is 0 Å². The van der Waals surface area contributed by atoms with Crippen LogP contribution in [0.1, 0.15) is 12.5 Å². The van der Waals surface area contributed by atoms with Gasteiger partial charge < -0.3 is 14.9 Å². The lowest BCUT2D eigenvalue weighted by molar-refractivity contribution is -0.384. The minimum Gasteiger partial charge on any atom is -0.480 e. The lowest BCUT2D eigenvalue weighted by Crippen LogP contribution is -2.50. The molecule has 2 atom stereocenters. The van der Waals surface area contributed by atoms with Crippen molar-refractivity contribution < 1.29 is 29.5 Å². The fraction of sp³-hybridized carbons (Fsp3) is 0.182. The summed E-state index contributed by atoms with van der Waals surface area (Å²) in [5, 5.41) is 28.9. The number of hydrogen-bond acceptors (Lipinski definition) is 5. The Balaban J connectivity index is 0.000000316. The fourth-order valence-corrected chi connectivity index (χ4v) is 3.33. The zero-order chi connectivity index (χ0) is 23.0. The molecule has 0 radical (unpaired) electrons. The number of rotatable bonds is 6. The van der Waals surface area contributed by atoms with Gasteiger partial charge in [-0.3, -0.25) is 14.9 Å². The number of alkyl halides is 1. The molecule has 0 heterocycles. The van der Waals surface area contributed by atoms with E-state index in [2.05, 4.69) is 15.9 Å². The van der Waals surface area contributed by atoms with Crippen molar-refractivity contribution in [3.05, 3.63) is 99.6 Å². The number of nitro groups is 1. The molecule has 3 rings (SSSR count). The topological polar surface area (TPSA) is 127 Å². The van der Waals surface area contributed by atoms with Crippen molar-refractivity contribution in [1.29, 1.82) is 0 Å². The molecule has 162 valence electrons. The number of para-hydroxylation sites is 1. The predicted octanol–water partition coefficient (Wildman–Crippen LogP) is 4.36. The second kappa shape index (κ2) is 10.6. The number of ether oxygens (including phenoxy) is 1. The van der Waals surface area contributed by atoms with Crippen molar-refractivity contribution in [2.75, 3.05) is 0 Å². The Hall–Kier alpha value is -3.30. The normalized spacial score (nSPS) is 19.9. The van der Waals surface area contributed by atoms with Gasteiger partial charge in [0.1, 0.15) is 6.10 Å². The highest BCUT2D eigenvalue weighted by atomic mass is 79.9. The summed E-state index contributed by atoms with van der Waals surface area (Å²) in [5.41, 5.74) is 1.35. The summed E-state index contributed by atoms with van der Waals surface area (Å²) in [6.07, 6.45) is 1.73. The number of carboxylic acid groups (broad SMARTS) is 2. The number of nitrogens with zero attached hydrogens (tertiary/aromatic N) is 1. The highest BCUT2D eigenvalue weighted by molar-refractivity contribution is 9.10. The van der Waals surface area contributed by atoms with E-state index in [1.165, 1.54) is 24.3 Å². The van der Waals surface area contributed by atoms with Crippen molar-refractivity contribution in [2.45, 2.75) is 24.0 Å². The first-order chi connectivity index (χ1) is 14.7. The SMILES string of the molecule is CC1=CC=C(C(=O)O)C(OCc2ccccc2)C1(Br)C(=O)O.O=[N+]([O-])c1ccccc1. The van der Waals surface area contributed by atoms with Gasteiger partial charge in [0.15, 0.2) is 4.32 Å². The van der Waals surface area contributed by atoms with Crippen LogP contribution in [0.4, 0.5) is 5.69 Å². The molecule has 0 bridgehead atoms. The quantitative estimate of drug-likeness (QED) is 0.350. The third-order valence-corrected chi connectivity index (χ3v) is 5.90. The van der Waals surface area contributed by atoms with Crippen LogP contribution >= 0.6 is 15.9 Å². The van der Waals surface area contributed by atoms with E-state index >= 15 is 0 Å². The van der Waals surface area contributed by atoms with Crippen LogP contribution in [0.3, 0.4) is 0 Å². The van der Waals surface area contributed by atoms with E-state index in [0.717, 1.165) is 5.56 Å². The number of hydrogen-bond donors (Lipinski definition) is 2. The number of halogens is 1. The predicted molar refractivity (Wildman–Crippen MR) is 117 cm³/mol. The van der Waals surface area contributed by atoms with Crippen molar-refractivity contribution in [3.63, 3.8) is 0 Å². The number of carbonyl (C=O) groups is 2. The van der Waals surface area contributed by atoms with Crippen LogP contribution in [-0.4, -0.2) is 37.5 Å². The van der Waals surface area contributed by atoms with Gasteiger partial charge in [0.05, 0.1) is 17.1 Å². The Morgan fingerprint density at radius 1 is 1.06 bits per heavy atom. The summed E-state index contributed by atoms with van der Waals surface area (Å²) in [6.45, 7) is 1.74. The highest BCUT2D eigenvalue weighted by Crippen LogP contribution is 2.40. The first kappa shape index (κ1) is 24.0. The Bertz CT molecular complexity index is 1010. The van der Waals surface area contributed by atoms with Crippen LogP contribution in [0.15, 0.2) is 84.0 Å². The van der Waals surface area contributed by atoms with Gasteiger partial charge >= 0.3 is 11.9 Å². The average Bonchev–Trinajstić information content (AvgIpc) is 2.76. The van der Waals surface area contributed by atoms with Gasteiger partial charge in [0.25, 0.3) is 5.69 Å². The van der Waals surface area contributed by atoms with E-state index in [1.54, 1.807) is 25.1 Å². The fourth-order valence-electron chi connectivity index (χ4n) is 2.82. The third kappa shape index (κ3) is 5.87. The Labute approximate surface area is 186 Å². The molecule has 1 aliphatic carbocycles. The Morgan fingerprint density at radius 2 is 1.61 bits per heavy atom. The first-order valence-electron chi connectivity index (χ1n) is 9.07. The zero-order valence-electron chi connectivity index (χ0n) is 16.5. The van der Waals surface area contributed by atoms with Crippen LogP contribution in [0.2, 0.25) is 0 Å². The second-order valence-corrected chi connectivity index (χ2v) is 7.81. The number of non-ortho nitro benzene ring substituents is 1. The van der Waals surface area contributed by atoms with Crippen molar-refractivity contribution in [3.8, 4) is 0 Å². The molecule has 8 nitrogen and oxygen atoms in total. The van der Waals surface area contributed by atoms with Crippen molar-refractivity contribution >= 4 is 33.6 Å². The number of allylic oxidation sites excluding steroid dienone is 2. The summed E-state index contributed by atoms with van der Waals surface area (Å²) >= 11 is 3.18. The van der Waals surface area contributed by atoms with Gasteiger partial charge in [-0.1, -0.05) is 70.5 Å². The van der Waals surface area contributed by atoms with E-state index in [-0.39, 0.29) is 17.9 Å². The molecule has 0 aromatic heterocycles. The molecule has 1 aliphatic rings. The van der Waals surface area contributed by atoms with E-state index in [1.807, 2.05) is 30.3 Å². The summed E-state index contributed by atoms with van der Waals surface area (Å²) in [7, 11) is 0. The first-order valence-corrected chi connectivity index (χ1v) is 9.86. The molecule has 0 saturated heterocycles. The standard InChI is InChI=1S/C16H15BrO5.C6H5NO2/c1-10-7-8-12(14(18)19)13(16(10,17)15(20)21)22-9-11-5-3-2-4-6-11;8-7(9)6-4-2-1-3-5-6/h2-8,13H,9H2,1H3,(H,18,19)(H,20,21);1-5H. The number of aliphatic carboxylic acids is 2. The van der Waals surface area contributed by atoms with Gasteiger partial charge in [-0.15, -0.1) is 0 Å². The molecule has 0 fully saturated rings. The van der Waals surface area contributed by atoms with Crippen LogP contribution in [0, 0.1) is 10.1 Å². The summed E-state index contributed by atoms with van der Waals surface area (Å²) in [5.74, 6) is -2.39. The van der Waals surface area contributed by atoms with E-state index in [4.69, 9.17) is 4.74 Å². The average molecular weight is 490 g/mol. The smallest absolute Gasteiger partial charge is 0.334 e. The van der Waals surface area contributed by atoms with Gasteiger partial charge in [0.2, 0.25) is 0 Å². The molecule has 0 saturated carbocycles. The minimum atomic E-state index is -1.59. The second-order valence-electron chi connectivity index (χ2n) is 6.56. The van der Waals surface area contributed by atoms with Crippen LogP contribution in [-0.2, 0) is 20.9 Å². The van der Waals surface area contributed by atoms with E-state index in [9.17, 15) is 29.9 Å².